The number of rotatable bonds is 6. The molecule has 5 N–H and O–H groups in total. The lowest BCUT2D eigenvalue weighted by atomic mass is 10.2. The molecule has 0 heterocycles. The number of hydrogen-bond donors (Lipinski definition) is 3. The number of nitrogens with one attached hydrogen (secondary N) is 1. The second kappa shape index (κ2) is 6.47. The van der Waals surface area contributed by atoms with Gasteiger partial charge < -0.3 is 15.8 Å². The van der Waals surface area contributed by atoms with E-state index in [9.17, 15) is 8.42 Å². The summed E-state index contributed by atoms with van der Waals surface area (Å²) in [5.74, 6) is 0.769. The highest BCUT2D eigenvalue weighted by atomic mass is 32.2. The molecule has 0 amide bonds. The standard InChI is InChI=1S/C14H17N3O3S/c15-13-7-6-12(21(16,18)19)10-14(13)17-8-9-20-11-4-2-1-3-5-11/h1-7,10,17H,8-9,15H2,(H2,16,18,19). The number of hydrogen-bond acceptors (Lipinski definition) is 5. The van der Waals surface area contributed by atoms with E-state index in [-0.39, 0.29) is 4.90 Å². The SMILES string of the molecule is Nc1ccc(S(N)(=O)=O)cc1NCCOc1ccccc1. The summed E-state index contributed by atoms with van der Waals surface area (Å²) in [6.45, 7) is 0.899. The molecule has 0 aliphatic rings. The topological polar surface area (TPSA) is 107 Å². The molecule has 0 saturated heterocycles. The number of sulfonamides is 1. The highest BCUT2D eigenvalue weighted by molar-refractivity contribution is 7.89. The van der Waals surface area contributed by atoms with Crippen molar-refractivity contribution in [3.63, 3.8) is 0 Å². The number of anilines is 2. The van der Waals surface area contributed by atoms with Crippen LogP contribution >= 0.6 is 0 Å². The third kappa shape index (κ3) is 4.37. The Hall–Kier alpha value is -2.25. The number of ether oxygens (including phenoxy) is 1. The summed E-state index contributed by atoms with van der Waals surface area (Å²) in [7, 11) is -3.74. The van der Waals surface area contributed by atoms with E-state index in [2.05, 4.69) is 5.32 Å². The first kappa shape index (κ1) is 15.1. The van der Waals surface area contributed by atoms with Gasteiger partial charge in [0, 0.05) is 6.54 Å². The van der Waals surface area contributed by atoms with Crippen molar-refractivity contribution in [1.29, 1.82) is 0 Å². The second-order valence-corrected chi connectivity index (χ2v) is 5.94. The monoisotopic (exact) mass is 307 g/mol. The fraction of sp³-hybridized carbons (Fsp3) is 0.143. The maximum absolute atomic E-state index is 11.3. The van der Waals surface area contributed by atoms with E-state index in [1.54, 1.807) is 0 Å². The van der Waals surface area contributed by atoms with Crippen LogP contribution < -0.4 is 20.9 Å². The van der Waals surface area contributed by atoms with Gasteiger partial charge in [-0.2, -0.15) is 0 Å². The molecule has 0 aliphatic heterocycles. The summed E-state index contributed by atoms with van der Waals surface area (Å²) in [6, 6.07) is 13.7. The molecule has 0 bridgehead atoms. The normalized spacial score (nSPS) is 11.1. The van der Waals surface area contributed by atoms with Gasteiger partial charge >= 0.3 is 0 Å². The van der Waals surface area contributed by atoms with Gasteiger partial charge in [0.2, 0.25) is 10.0 Å². The molecule has 0 aromatic heterocycles. The molecule has 0 spiro atoms. The van der Waals surface area contributed by atoms with Crippen LogP contribution in [0.15, 0.2) is 53.4 Å². The summed E-state index contributed by atoms with van der Waals surface area (Å²) in [4.78, 5) is 0.0168. The third-order valence-electron chi connectivity index (χ3n) is 2.78. The number of nitrogens with two attached hydrogens (primary N) is 2. The van der Waals surface area contributed by atoms with Crippen molar-refractivity contribution < 1.29 is 13.2 Å². The summed E-state index contributed by atoms with van der Waals surface area (Å²) in [6.07, 6.45) is 0. The van der Waals surface area contributed by atoms with E-state index in [1.807, 2.05) is 30.3 Å². The van der Waals surface area contributed by atoms with E-state index in [0.717, 1.165) is 5.75 Å². The van der Waals surface area contributed by atoms with Gasteiger partial charge in [0.05, 0.1) is 16.3 Å². The molecular weight excluding hydrogens is 290 g/mol. The summed E-state index contributed by atoms with van der Waals surface area (Å²) in [5.41, 5.74) is 6.75. The fourth-order valence-corrected chi connectivity index (χ4v) is 2.28. The van der Waals surface area contributed by atoms with Crippen LogP contribution in [-0.2, 0) is 10.0 Å². The molecular formula is C14H17N3O3S. The van der Waals surface area contributed by atoms with E-state index < -0.39 is 10.0 Å². The Morgan fingerprint density at radius 3 is 2.48 bits per heavy atom. The first-order chi connectivity index (χ1) is 9.97. The molecule has 2 aromatic rings. The van der Waals surface area contributed by atoms with E-state index >= 15 is 0 Å². The van der Waals surface area contributed by atoms with Gasteiger partial charge in [0.15, 0.2) is 0 Å². The number of primary sulfonamides is 1. The van der Waals surface area contributed by atoms with Gasteiger partial charge in [0.1, 0.15) is 12.4 Å². The zero-order valence-electron chi connectivity index (χ0n) is 11.3. The van der Waals surface area contributed by atoms with Gasteiger partial charge in [-0.25, -0.2) is 13.6 Å². The van der Waals surface area contributed by atoms with Crippen molar-refractivity contribution in [2.45, 2.75) is 4.90 Å². The largest absolute Gasteiger partial charge is 0.492 e. The lowest BCUT2D eigenvalue weighted by Gasteiger charge is -2.11. The molecule has 7 heteroatoms. The molecule has 6 nitrogen and oxygen atoms in total. The first-order valence-corrected chi connectivity index (χ1v) is 7.85. The van der Waals surface area contributed by atoms with Crippen LogP contribution in [0.3, 0.4) is 0 Å². The predicted molar refractivity (Wildman–Crippen MR) is 82.7 cm³/mol. The smallest absolute Gasteiger partial charge is 0.238 e. The summed E-state index contributed by atoms with van der Waals surface area (Å²) in [5, 5.41) is 8.11. The molecule has 0 saturated carbocycles. The van der Waals surface area contributed by atoms with Crippen molar-refractivity contribution in [1.82, 2.24) is 0 Å². The zero-order chi connectivity index (χ0) is 15.3. The molecule has 112 valence electrons. The maximum Gasteiger partial charge on any atom is 0.238 e. The lowest BCUT2D eigenvalue weighted by molar-refractivity contribution is 0.333. The van der Waals surface area contributed by atoms with Gasteiger partial charge in [0.25, 0.3) is 0 Å². The van der Waals surface area contributed by atoms with E-state index in [0.29, 0.717) is 24.5 Å². The number of benzene rings is 2. The molecule has 0 aliphatic carbocycles. The van der Waals surface area contributed by atoms with E-state index in [1.165, 1.54) is 18.2 Å². The van der Waals surface area contributed by atoms with Crippen molar-refractivity contribution in [3.8, 4) is 5.75 Å². The van der Waals surface area contributed by atoms with Gasteiger partial charge in [-0.05, 0) is 30.3 Å². The summed E-state index contributed by atoms with van der Waals surface area (Å²) < 4.78 is 28.1. The first-order valence-electron chi connectivity index (χ1n) is 6.31. The van der Waals surface area contributed by atoms with Gasteiger partial charge in [-0.15, -0.1) is 0 Å². The molecule has 21 heavy (non-hydrogen) atoms. The van der Waals surface area contributed by atoms with Crippen molar-refractivity contribution >= 4 is 21.4 Å². The average molecular weight is 307 g/mol. The highest BCUT2D eigenvalue weighted by Crippen LogP contribution is 2.21. The Balaban J connectivity index is 1.94. The lowest BCUT2D eigenvalue weighted by Crippen LogP contribution is -2.15. The molecule has 2 aromatic carbocycles. The van der Waals surface area contributed by atoms with Gasteiger partial charge in [-0.3, -0.25) is 0 Å². The Morgan fingerprint density at radius 2 is 1.81 bits per heavy atom. The predicted octanol–water partition coefficient (Wildman–Crippen LogP) is 1.41. The van der Waals surface area contributed by atoms with E-state index in [4.69, 9.17) is 15.6 Å². The molecule has 0 radical (unpaired) electrons. The molecule has 0 unspecified atom stereocenters. The Kier molecular flexibility index (Phi) is 4.66. The van der Waals surface area contributed by atoms with Crippen LogP contribution in [-0.4, -0.2) is 21.6 Å². The second-order valence-electron chi connectivity index (χ2n) is 4.38. The Morgan fingerprint density at radius 1 is 1.10 bits per heavy atom. The number of para-hydroxylation sites is 1. The minimum Gasteiger partial charge on any atom is -0.492 e. The third-order valence-corrected chi connectivity index (χ3v) is 3.69. The van der Waals surface area contributed by atoms with Crippen LogP contribution in [0, 0.1) is 0 Å². The quantitative estimate of drug-likeness (QED) is 0.552. The Labute approximate surface area is 123 Å². The minimum atomic E-state index is -3.74. The maximum atomic E-state index is 11.3. The Bertz CT molecular complexity index is 703. The van der Waals surface area contributed by atoms with Crippen LogP contribution in [0.4, 0.5) is 11.4 Å². The van der Waals surface area contributed by atoms with Crippen LogP contribution in [0.5, 0.6) is 5.75 Å². The fourth-order valence-electron chi connectivity index (χ4n) is 1.74. The average Bonchev–Trinajstić information content (AvgIpc) is 2.45. The van der Waals surface area contributed by atoms with Crippen LogP contribution in [0.1, 0.15) is 0 Å². The highest BCUT2D eigenvalue weighted by Gasteiger charge is 2.10. The van der Waals surface area contributed by atoms with Crippen LogP contribution in [0.2, 0.25) is 0 Å². The molecule has 0 atom stereocenters. The molecule has 2 rings (SSSR count). The number of nitrogen functional groups attached to an aromatic ring is 1. The zero-order valence-corrected chi connectivity index (χ0v) is 12.1. The van der Waals surface area contributed by atoms with Crippen molar-refractivity contribution in [3.05, 3.63) is 48.5 Å². The minimum absolute atomic E-state index is 0.0168. The van der Waals surface area contributed by atoms with Crippen molar-refractivity contribution in [2.75, 3.05) is 24.2 Å². The summed E-state index contributed by atoms with van der Waals surface area (Å²) >= 11 is 0. The molecule has 0 fully saturated rings. The van der Waals surface area contributed by atoms with Gasteiger partial charge in [-0.1, -0.05) is 18.2 Å². The van der Waals surface area contributed by atoms with Crippen LogP contribution in [0.25, 0.3) is 0 Å². The van der Waals surface area contributed by atoms with Crippen molar-refractivity contribution in [2.24, 2.45) is 5.14 Å².